The van der Waals surface area contributed by atoms with Crippen molar-refractivity contribution in [2.24, 2.45) is 5.41 Å². The molecule has 1 atom stereocenters. The minimum Gasteiger partial charge on any atom is -0.497 e. The number of esters is 1. The van der Waals surface area contributed by atoms with Gasteiger partial charge in [-0.3, -0.25) is 4.79 Å². The zero-order valence-corrected chi connectivity index (χ0v) is 11.9. The Morgan fingerprint density at radius 3 is 2.75 bits per heavy atom. The predicted molar refractivity (Wildman–Crippen MR) is 74.9 cm³/mol. The molecule has 1 aromatic rings. The van der Waals surface area contributed by atoms with E-state index < -0.39 is 11.4 Å². The van der Waals surface area contributed by atoms with E-state index in [2.05, 4.69) is 4.74 Å². The molecule has 0 saturated heterocycles. The molecule has 1 aliphatic carbocycles. The quantitative estimate of drug-likeness (QED) is 0.628. The SMILES string of the molecule is COC(=O)/C=C/C1(C)CCc2cc(OC)ccc2C1=O. The Morgan fingerprint density at radius 1 is 1.35 bits per heavy atom. The summed E-state index contributed by atoms with van der Waals surface area (Å²) in [7, 11) is 2.93. The van der Waals surface area contributed by atoms with Gasteiger partial charge < -0.3 is 9.47 Å². The van der Waals surface area contributed by atoms with Crippen LogP contribution in [0, 0.1) is 5.41 Å². The summed E-state index contributed by atoms with van der Waals surface area (Å²) >= 11 is 0. The number of ether oxygens (including phenoxy) is 2. The average Bonchev–Trinajstić information content (AvgIpc) is 2.48. The van der Waals surface area contributed by atoms with Crippen LogP contribution in [0.25, 0.3) is 0 Å². The van der Waals surface area contributed by atoms with E-state index in [1.165, 1.54) is 13.2 Å². The second-order valence-electron chi connectivity index (χ2n) is 5.13. The lowest BCUT2D eigenvalue weighted by Crippen LogP contribution is -2.31. The van der Waals surface area contributed by atoms with Crippen molar-refractivity contribution in [2.75, 3.05) is 14.2 Å². The van der Waals surface area contributed by atoms with Crippen LogP contribution >= 0.6 is 0 Å². The molecule has 0 radical (unpaired) electrons. The number of allylic oxidation sites excluding steroid dienone is 1. The standard InChI is InChI=1S/C16H18O4/c1-16(9-7-14(17)20-3)8-6-11-10-12(19-2)4-5-13(11)15(16)18/h4-5,7,9-10H,6,8H2,1-3H3/b9-7+. The van der Waals surface area contributed by atoms with Gasteiger partial charge in [0.1, 0.15) is 5.75 Å². The van der Waals surface area contributed by atoms with Gasteiger partial charge in [-0.05, 0) is 43.5 Å². The fourth-order valence-corrected chi connectivity index (χ4v) is 2.42. The molecule has 0 heterocycles. The Labute approximate surface area is 118 Å². The highest BCUT2D eigenvalue weighted by Crippen LogP contribution is 2.37. The van der Waals surface area contributed by atoms with Gasteiger partial charge in [0.05, 0.1) is 14.2 Å². The molecule has 0 bridgehead atoms. The summed E-state index contributed by atoms with van der Waals surface area (Å²) < 4.78 is 9.74. The first-order valence-electron chi connectivity index (χ1n) is 6.49. The molecular formula is C16H18O4. The summed E-state index contributed by atoms with van der Waals surface area (Å²) in [4.78, 5) is 23.8. The number of hydrogen-bond donors (Lipinski definition) is 0. The number of methoxy groups -OCH3 is 2. The molecule has 0 spiro atoms. The van der Waals surface area contributed by atoms with Crippen molar-refractivity contribution in [3.63, 3.8) is 0 Å². The van der Waals surface area contributed by atoms with Crippen molar-refractivity contribution in [3.05, 3.63) is 41.5 Å². The van der Waals surface area contributed by atoms with Crippen LogP contribution in [0.5, 0.6) is 5.75 Å². The number of benzene rings is 1. The van der Waals surface area contributed by atoms with Gasteiger partial charge in [-0.1, -0.05) is 6.08 Å². The molecule has 1 unspecified atom stereocenters. The molecule has 106 valence electrons. The molecule has 4 heteroatoms. The molecule has 0 aromatic heterocycles. The third-order valence-electron chi connectivity index (χ3n) is 3.78. The monoisotopic (exact) mass is 274 g/mol. The number of ketones is 1. The van der Waals surface area contributed by atoms with Crippen LogP contribution in [-0.2, 0) is 16.0 Å². The van der Waals surface area contributed by atoms with Gasteiger partial charge in [0, 0.05) is 17.1 Å². The second-order valence-corrected chi connectivity index (χ2v) is 5.13. The zero-order valence-electron chi connectivity index (χ0n) is 11.9. The minimum atomic E-state index is -0.657. The van der Waals surface area contributed by atoms with Crippen molar-refractivity contribution < 1.29 is 19.1 Å². The Balaban J connectivity index is 2.31. The first kappa shape index (κ1) is 14.3. The van der Waals surface area contributed by atoms with E-state index in [9.17, 15) is 9.59 Å². The van der Waals surface area contributed by atoms with Crippen molar-refractivity contribution in [3.8, 4) is 5.75 Å². The number of Topliss-reactive ketones (excluding diaryl/α,β-unsaturated/α-hetero) is 1. The first-order valence-corrected chi connectivity index (χ1v) is 6.49. The molecule has 0 aliphatic heterocycles. The fourth-order valence-electron chi connectivity index (χ4n) is 2.42. The van der Waals surface area contributed by atoms with Gasteiger partial charge in [-0.25, -0.2) is 4.79 Å². The van der Waals surface area contributed by atoms with E-state index in [1.54, 1.807) is 25.3 Å². The highest BCUT2D eigenvalue weighted by molar-refractivity contribution is 6.04. The summed E-state index contributed by atoms with van der Waals surface area (Å²) in [6.07, 6.45) is 4.42. The number of hydrogen-bond acceptors (Lipinski definition) is 4. The molecule has 0 saturated carbocycles. The number of carbonyl (C=O) groups excluding carboxylic acids is 2. The van der Waals surface area contributed by atoms with Crippen molar-refractivity contribution in [1.82, 2.24) is 0 Å². The zero-order chi connectivity index (χ0) is 14.8. The molecule has 0 amide bonds. The van der Waals surface area contributed by atoms with Crippen LogP contribution in [0.4, 0.5) is 0 Å². The lowest BCUT2D eigenvalue weighted by atomic mass is 9.71. The van der Waals surface area contributed by atoms with Crippen LogP contribution in [0.3, 0.4) is 0 Å². The maximum atomic E-state index is 12.6. The van der Waals surface area contributed by atoms with Crippen LogP contribution in [0.1, 0.15) is 29.3 Å². The summed E-state index contributed by atoms with van der Waals surface area (Å²) in [6.45, 7) is 1.85. The summed E-state index contributed by atoms with van der Waals surface area (Å²) in [5.41, 5.74) is 1.04. The second kappa shape index (κ2) is 5.49. The third-order valence-corrected chi connectivity index (χ3v) is 3.78. The van der Waals surface area contributed by atoms with Gasteiger partial charge in [0.25, 0.3) is 0 Å². The number of fused-ring (bicyclic) bond motifs is 1. The van der Waals surface area contributed by atoms with Crippen LogP contribution < -0.4 is 4.74 Å². The third kappa shape index (κ3) is 2.59. The highest BCUT2D eigenvalue weighted by atomic mass is 16.5. The largest absolute Gasteiger partial charge is 0.497 e. The summed E-state index contributed by atoms with van der Waals surface area (Å²) in [5.74, 6) is 0.339. The van der Waals surface area contributed by atoms with E-state index in [0.29, 0.717) is 12.0 Å². The van der Waals surface area contributed by atoms with E-state index in [4.69, 9.17) is 4.74 Å². The Hall–Kier alpha value is -2.10. The Bertz CT molecular complexity index is 574. The van der Waals surface area contributed by atoms with Gasteiger partial charge >= 0.3 is 5.97 Å². The molecule has 20 heavy (non-hydrogen) atoms. The van der Waals surface area contributed by atoms with Gasteiger partial charge in [-0.15, -0.1) is 0 Å². The fraction of sp³-hybridized carbons (Fsp3) is 0.375. The van der Waals surface area contributed by atoms with E-state index in [0.717, 1.165) is 17.7 Å². The summed E-state index contributed by atoms with van der Waals surface area (Å²) in [5, 5.41) is 0. The molecule has 1 aliphatic rings. The van der Waals surface area contributed by atoms with Crippen molar-refractivity contribution >= 4 is 11.8 Å². The van der Waals surface area contributed by atoms with E-state index in [-0.39, 0.29) is 5.78 Å². The van der Waals surface area contributed by atoms with Crippen LogP contribution in [0.15, 0.2) is 30.4 Å². The Morgan fingerprint density at radius 2 is 2.10 bits per heavy atom. The highest BCUT2D eigenvalue weighted by Gasteiger charge is 2.36. The average molecular weight is 274 g/mol. The maximum absolute atomic E-state index is 12.6. The molecule has 2 rings (SSSR count). The topological polar surface area (TPSA) is 52.6 Å². The normalized spacial score (nSPS) is 21.6. The van der Waals surface area contributed by atoms with Crippen molar-refractivity contribution in [1.29, 1.82) is 0 Å². The van der Waals surface area contributed by atoms with E-state index in [1.807, 2.05) is 13.0 Å². The van der Waals surface area contributed by atoms with Crippen LogP contribution in [-0.4, -0.2) is 26.0 Å². The smallest absolute Gasteiger partial charge is 0.330 e. The van der Waals surface area contributed by atoms with E-state index >= 15 is 0 Å². The number of carbonyl (C=O) groups is 2. The van der Waals surface area contributed by atoms with Gasteiger partial charge in [0.15, 0.2) is 5.78 Å². The molecular weight excluding hydrogens is 256 g/mol. The Kier molecular flexibility index (Phi) is 3.93. The van der Waals surface area contributed by atoms with Gasteiger partial charge in [-0.2, -0.15) is 0 Å². The number of aryl methyl sites for hydroxylation is 1. The number of rotatable bonds is 3. The lowest BCUT2D eigenvalue weighted by molar-refractivity contribution is -0.134. The lowest BCUT2D eigenvalue weighted by Gasteiger charge is -2.30. The molecule has 0 N–H and O–H groups in total. The molecule has 1 aromatic carbocycles. The van der Waals surface area contributed by atoms with Crippen molar-refractivity contribution in [2.45, 2.75) is 19.8 Å². The predicted octanol–water partition coefficient (Wildman–Crippen LogP) is 2.56. The molecule has 4 nitrogen and oxygen atoms in total. The molecule has 0 fully saturated rings. The minimum absolute atomic E-state index is 0.0292. The van der Waals surface area contributed by atoms with Crippen LogP contribution in [0.2, 0.25) is 0 Å². The van der Waals surface area contributed by atoms with Gasteiger partial charge in [0.2, 0.25) is 0 Å². The summed E-state index contributed by atoms with van der Waals surface area (Å²) in [6, 6.07) is 5.48. The first-order chi connectivity index (χ1) is 9.50. The maximum Gasteiger partial charge on any atom is 0.330 e.